The number of hydrogen-bond acceptors (Lipinski definition) is 5. The lowest BCUT2D eigenvalue weighted by atomic mass is 9.93. The summed E-state index contributed by atoms with van der Waals surface area (Å²) in [6, 6.07) is -0.317. The second-order valence-electron chi connectivity index (χ2n) is 6.38. The van der Waals surface area contributed by atoms with Crippen LogP contribution in [0, 0.1) is 19.8 Å². The number of rotatable bonds is 4. The summed E-state index contributed by atoms with van der Waals surface area (Å²) in [5, 5.41) is 15.0. The normalized spacial score (nSPS) is 20.4. The van der Waals surface area contributed by atoms with Crippen molar-refractivity contribution < 1.29 is 9.59 Å². The Kier molecular flexibility index (Phi) is 4.32. The average Bonchev–Trinajstić information content (AvgIpc) is 3.19. The summed E-state index contributed by atoms with van der Waals surface area (Å²) in [6.07, 6.45) is 1.92. The Hall–Kier alpha value is -2.71. The minimum atomic E-state index is -0.489. The Bertz CT molecular complexity index is 823. The molecule has 3 rings (SSSR count). The summed E-state index contributed by atoms with van der Waals surface area (Å²) in [5.41, 5.74) is 2.62. The van der Waals surface area contributed by atoms with Crippen molar-refractivity contribution in [3.63, 3.8) is 0 Å². The third-order valence-electron chi connectivity index (χ3n) is 5.05. The molecule has 134 valence electrons. The molecule has 1 aliphatic rings. The quantitative estimate of drug-likeness (QED) is 0.880. The summed E-state index contributed by atoms with van der Waals surface area (Å²) in [5.74, 6) is -0.304. The fraction of sp³-hybridized carbons (Fsp3) is 0.562. The van der Waals surface area contributed by atoms with Gasteiger partial charge in [0.1, 0.15) is 0 Å². The van der Waals surface area contributed by atoms with E-state index < -0.39 is 5.92 Å². The highest BCUT2D eigenvalue weighted by Gasteiger charge is 2.45. The van der Waals surface area contributed by atoms with Gasteiger partial charge in [0.25, 0.3) is 0 Å². The molecular formula is C16H23N7O2. The van der Waals surface area contributed by atoms with E-state index in [0.29, 0.717) is 12.4 Å². The topological polar surface area (TPSA) is 97.9 Å². The molecule has 1 saturated heterocycles. The number of nitrogens with zero attached hydrogens (tertiary/aromatic N) is 6. The van der Waals surface area contributed by atoms with Crippen LogP contribution in [0.5, 0.6) is 0 Å². The summed E-state index contributed by atoms with van der Waals surface area (Å²) in [6.45, 7) is 6.24. The van der Waals surface area contributed by atoms with Crippen LogP contribution in [0.1, 0.15) is 36.3 Å². The van der Waals surface area contributed by atoms with E-state index in [0.717, 1.165) is 17.0 Å². The number of likely N-dealkylation sites (tertiary alicyclic amines) is 1. The molecule has 9 nitrogen and oxygen atoms in total. The van der Waals surface area contributed by atoms with Gasteiger partial charge in [0, 0.05) is 38.3 Å². The number of carbonyl (C=O) groups excluding carboxylic acids is 2. The summed E-state index contributed by atoms with van der Waals surface area (Å²) < 4.78 is 3.35. The van der Waals surface area contributed by atoms with Crippen LogP contribution >= 0.6 is 0 Å². The molecule has 0 unspecified atom stereocenters. The van der Waals surface area contributed by atoms with Gasteiger partial charge in [-0.3, -0.25) is 19.0 Å². The van der Waals surface area contributed by atoms with E-state index in [1.54, 1.807) is 27.5 Å². The maximum absolute atomic E-state index is 12.9. The number of aromatic nitrogens is 5. The molecular weight excluding hydrogens is 322 g/mol. The fourth-order valence-corrected chi connectivity index (χ4v) is 3.32. The fourth-order valence-electron chi connectivity index (χ4n) is 3.32. The van der Waals surface area contributed by atoms with Crippen molar-refractivity contribution in [1.82, 2.24) is 29.7 Å². The van der Waals surface area contributed by atoms with Gasteiger partial charge in [-0.1, -0.05) is 5.21 Å². The van der Waals surface area contributed by atoms with Crippen LogP contribution in [0.4, 0.5) is 5.82 Å². The zero-order valence-electron chi connectivity index (χ0n) is 15.1. The molecule has 1 aliphatic heterocycles. The van der Waals surface area contributed by atoms with Gasteiger partial charge < -0.3 is 10.2 Å². The van der Waals surface area contributed by atoms with Gasteiger partial charge in [0.2, 0.25) is 11.8 Å². The molecule has 0 aromatic carbocycles. The van der Waals surface area contributed by atoms with Crippen LogP contribution in [0.15, 0.2) is 6.20 Å². The SMILES string of the molecule is CCN1C(=O)C[C@H](C(=O)Nc2nnn(C)c2C)[C@H]1c1cnn(C)c1C. The molecule has 2 aromatic heterocycles. The Balaban J connectivity index is 1.92. The van der Waals surface area contributed by atoms with Gasteiger partial charge in [-0.2, -0.15) is 5.10 Å². The summed E-state index contributed by atoms with van der Waals surface area (Å²) in [7, 11) is 3.61. The highest BCUT2D eigenvalue weighted by atomic mass is 16.2. The van der Waals surface area contributed by atoms with Crippen molar-refractivity contribution in [3.05, 3.63) is 23.1 Å². The number of nitrogens with one attached hydrogen (secondary N) is 1. The van der Waals surface area contributed by atoms with Gasteiger partial charge in [-0.05, 0) is 20.8 Å². The standard InChI is InChI=1S/C16H23N7O2/c1-6-23-13(24)7-11(14(23)12-8-17-21(4)9(12)2)16(25)18-15-10(3)22(5)20-19-15/h8,11,14H,6-7H2,1-5H3,(H,18,25)/t11-,14-/m0/s1. The molecule has 2 aromatic rings. The highest BCUT2D eigenvalue weighted by Crippen LogP contribution is 2.39. The first-order valence-corrected chi connectivity index (χ1v) is 8.30. The van der Waals surface area contributed by atoms with E-state index in [9.17, 15) is 9.59 Å². The van der Waals surface area contributed by atoms with Gasteiger partial charge in [-0.25, -0.2) is 0 Å². The third kappa shape index (κ3) is 2.79. The van der Waals surface area contributed by atoms with Gasteiger partial charge >= 0.3 is 0 Å². The minimum Gasteiger partial charge on any atom is -0.335 e. The Morgan fingerprint density at radius 3 is 2.52 bits per heavy atom. The molecule has 9 heteroatoms. The molecule has 1 fully saturated rings. The van der Waals surface area contributed by atoms with E-state index in [-0.39, 0.29) is 24.3 Å². The Morgan fingerprint density at radius 1 is 1.28 bits per heavy atom. The van der Waals surface area contributed by atoms with E-state index in [1.807, 2.05) is 27.8 Å². The van der Waals surface area contributed by atoms with Gasteiger partial charge in [0.05, 0.1) is 23.9 Å². The molecule has 0 bridgehead atoms. The minimum absolute atomic E-state index is 0.0215. The van der Waals surface area contributed by atoms with Crippen molar-refractivity contribution in [2.75, 3.05) is 11.9 Å². The molecule has 0 radical (unpaired) electrons. The smallest absolute Gasteiger partial charge is 0.231 e. The maximum atomic E-state index is 12.9. The molecule has 25 heavy (non-hydrogen) atoms. The van der Waals surface area contributed by atoms with E-state index in [1.165, 1.54) is 0 Å². The average molecular weight is 345 g/mol. The molecule has 0 saturated carbocycles. The van der Waals surface area contributed by atoms with Crippen LogP contribution in [0.25, 0.3) is 0 Å². The van der Waals surface area contributed by atoms with Crippen LogP contribution in [0.3, 0.4) is 0 Å². The van der Waals surface area contributed by atoms with E-state index in [4.69, 9.17) is 0 Å². The molecule has 0 spiro atoms. The first-order chi connectivity index (χ1) is 11.8. The molecule has 0 aliphatic carbocycles. The first-order valence-electron chi connectivity index (χ1n) is 8.30. The molecule has 3 heterocycles. The number of carbonyl (C=O) groups is 2. The molecule has 2 atom stereocenters. The molecule has 2 amide bonds. The van der Waals surface area contributed by atoms with Crippen LogP contribution in [-0.4, -0.2) is 48.0 Å². The summed E-state index contributed by atoms with van der Waals surface area (Å²) >= 11 is 0. The monoisotopic (exact) mass is 345 g/mol. The lowest BCUT2D eigenvalue weighted by Gasteiger charge is -2.26. The second kappa shape index (κ2) is 6.30. The predicted octanol–water partition coefficient (Wildman–Crippen LogP) is 0.714. The maximum Gasteiger partial charge on any atom is 0.231 e. The molecule has 1 N–H and O–H groups in total. The number of hydrogen-bond donors (Lipinski definition) is 1. The van der Waals surface area contributed by atoms with Crippen molar-refractivity contribution >= 4 is 17.6 Å². The number of aryl methyl sites for hydroxylation is 2. The number of amides is 2. The van der Waals surface area contributed by atoms with Crippen molar-refractivity contribution in [2.24, 2.45) is 20.0 Å². The first kappa shape index (κ1) is 17.1. The second-order valence-corrected chi connectivity index (χ2v) is 6.38. The summed E-state index contributed by atoms with van der Waals surface area (Å²) in [4.78, 5) is 27.1. The largest absolute Gasteiger partial charge is 0.335 e. The Labute approximate surface area is 146 Å². The zero-order chi connectivity index (χ0) is 18.3. The third-order valence-corrected chi connectivity index (χ3v) is 5.05. The predicted molar refractivity (Wildman–Crippen MR) is 90.5 cm³/mol. The zero-order valence-corrected chi connectivity index (χ0v) is 15.1. The Morgan fingerprint density at radius 2 is 2.00 bits per heavy atom. The lowest BCUT2D eigenvalue weighted by molar-refractivity contribution is -0.129. The highest BCUT2D eigenvalue weighted by molar-refractivity contribution is 5.97. The van der Waals surface area contributed by atoms with Crippen LogP contribution in [-0.2, 0) is 23.7 Å². The van der Waals surface area contributed by atoms with Crippen LogP contribution in [0.2, 0.25) is 0 Å². The van der Waals surface area contributed by atoms with Crippen LogP contribution < -0.4 is 5.32 Å². The van der Waals surface area contributed by atoms with Gasteiger partial charge in [0.15, 0.2) is 5.82 Å². The van der Waals surface area contributed by atoms with E-state index in [2.05, 4.69) is 20.7 Å². The van der Waals surface area contributed by atoms with Crippen molar-refractivity contribution in [2.45, 2.75) is 33.2 Å². The lowest BCUT2D eigenvalue weighted by Crippen LogP contribution is -2.32. The van der Waals surface area contributed by atoms with Crippen molar-refractivity contribution in [3.8, 4) is 0 Å². The van der Waals surface area contributed by atoms with E-state index >= 15 is 0 Å². The number of anilines is 1. The van der Waals surface area contributed by atoms with Crippen molar-refractivity contribution in [1.29, 1.82) is 0 Å². The van der Waals surface area contributed by atoms with Gasteiger partial charge in [-0.15, -0.1) is 5.10 Å².